The second-order valence-corrected chi connectivity index (χ2v) is 22.9. The molecule has 3 nitrogen and oxygen atoms in total. The number of hydrogen-bond donors (Lipinski definition) is 0. The lowest BCUT2D eigenvalue weighted by molar-refractivity contribution is 0.670. The summed E-state index contributed by atoms with van der Waals surface area (Å²) in [5.74, 6) is 0. The molecule has 0 bridgehead atoms. The molecule has 1 unspecified atom stereocenters. The molecule has 0 N–H and O–H groups in total. The van der Waals surface area contributed by atoms with Crippen molar-refractivity contribution in [2.24, 2.45) is 0 Å². The topological polar surface area (TPSA) is 21.3 Å². The lowest BCUT2D eigenvalue weighted by Crippen LogP contribution is -2.33. The molecule has 2 aromatic heterocycles. The zero-order valence-electron chi connectivity index (χ0n) is 45.0. The Hall–Kier alpha value is -10.7. The van der Waals surface area contributed by atoms with Crippen LogP contribution in [0.5, 0.6) is 0 Å². The first-order chi connectivity index (χ1) is 41.2. The van der Waals surface area contributed by atoms with Gasteiger partial charge in [0.2, 0.25) is 0 Å². The smallest absolute Gasteiger partial charge is 0.143 e. The van der Waals surface area contributed by atoms with E-state index in [4.69, 9.17) is 4.42 Å². The Morgan fingerprint density at radius 1 is 0.301 bits per heavy atom. The van der Waals surface area contributed by atoms with Gasteiger partial charge < -0.3 is 13.9 Å². The van der Waals surface area contributed by atoms with E-state index in [-0.39, 0.29) is 0 Å². The summed E-state index contributed by atoms with van der Waals surface area (Å²) in [6.45, 7) is 0. The minimum atomic E-state index is -0.596. The molecule has 19 rings (SSSR count). The maximum absolute atomic E-state index is 6.65. The molecule has 0 saturated carbocycles. The van der Waals surface area contributed by atoms with Crippen LogP contribution in [0, 0.1) is 0 Å². The first kappa shape index (κ1) is 45.0. The highest BCUT2D eigenvalue weighted by Crippen LogP contribution is 2.66. The van der Waals surface area contributed by atoms with E-state index in [1.165, 1.54) is 105 Å². The van der Waals surface area contributed by atoms with Crippen LogP contribution in [0.1, 0.15) is 44.5 Å². The number of hydrogen-bond acceptors (Lipinski definition) is 2. The number of para-hydroxylation sites is 6. The SMILES string of the molecule is c1ccc(N(c2ccc(-c3cccc4c3oc3ccccc34)cc2)c2cccc3c2-c2ccccc2C32c3ccccc3-c3ccccc32)c(-c2ccc3c(c2)C2(c4ccccc4-3)c3ccccc3-n3c4ccccc4c4cccc2c43)c1. The van der Waals surface area contributed by atoms with Crippen molar-refractivity contribution in [3.8, 4) is 61.3 Å². The molecular formula is C80H48N2O. The Bertz CT molecular complexity index is 5260. The summed E-state index contributed by atoms with van der Waals surface area (Å²) in [4.78, 5) is 2.55. The molecule has 3 heterocycles. The van der Waals surface area contributed by atoms with Crippen molar-refractivity contribution in [2.45, 2.75) is 10.8 Å². The average molecular weight is 1050 g/mol. The number of anilines is 3. The van der Waals surface area contributed by atoms with Crippen molar-refractivity contribution in [3.63, 3.8) is 0 Å². The molecule has 0 radical (unpaired) electrons. The van der Waals surface area contributed by atoms with Crippen LogP contribution in [0.15, 0.2) is 296 Å². The molecule has 1 atom stereocenters. The summed E-state index contributed by atoms with van der Waals surface area (Å²) in [6.07, 6.45) is 0. The van der Waals surface area contributed by atoms with Crippen LogP contribution in [0.4, 0.5) is 17.1 Å². The predicted molar refractivity (Wildman–Crippen MR) is 341 cm³/mol. The van der Waals surface area contributed by atoms with Crippen LogP contribution in [-0.4, -0.2) is 4.57 Å². The Morgan fingerprint density at radius 2 is 0.795 bits per heavy atom. The van der Waals surface area contributed by atoms with E-state index < -0.39 is 10.8 Å². The summed E-state index contributed by atoms with van der Waals surface area (Å²) in [5, 5.41) is 4.79. The molecule has 0 saturated heterocycles. The van der Waals surface area contributed by atoms with Crippen molar-refractivity contribution < 1.29 is 4.42 Å². The highest BCUT2D eigenvalue weighted by Gasteiger charge is 2.53. The molecule has 384 valence electrons. The number of rotatable bonds is 5. The van der Waals surface area contributed by atoms with Gasteiger partial charge in [0, 0.05) is 43.9 Å². The highest BCUT2D eigenvalue weighted by molar-refractivity contribution is 6.14. The Balaban J connectivity index is 0.865. The predicted octanol–water partition coefficient (Wildman–Crippen LogP) is 20.5. The van der Waals surface area contributed by atoms with Crippen molar-refractivity contribution in [2.75, 3.05) is 4.90 Å². The summed E-state index contributed by atoms with van der Waals surface area (Å²) in [6, 6.07) is 109. The van der Waals surface area contributed by atoms with Gasteiger partial charge in [-0.25, -0.2) is 0 Å². The van der Waals surface area contributed by atoms with E-state index in [9.17, 15) is 0 Å². The molecule has 0 fully saturated rings. The fourth-order valence-corrected chi connectivity index (χ4v) is 16.1. The first-order valence-corrected chi connectivity index (χ1v) is 28.9. The molecule has 83 heavy (non-hydrogen) atoms. The van der Waals surface area contributed by atoms with Gasteiger partial charge in [-0.15, -0.1) is 0 Å². The molecule has 3 heteroatoms. The molecule has 4 aliphatic rings. The van der Waals surface area contributed by atoms with Crippen molar-refractivity contribution in [3.05, 3.63) is 336 Å². The minimum absolute atomic E-state index is 0.510. The fourth-order valence-electron chi connectivity index (χ4n) is 16.1. The van der Waals surface area contributed by atoms with E-state index in [0.29, 0.717) is 0 Å². The fraction of sp³-hybridized carbons (Fsp3) is 0.0250. The van der Waals surface area contributed by atoms with Gasteiger partial charge in [-0.3, -0.25) is 0 Å². The van der Waals surface area contributed by atoms with E-state index in [1.807, 2.05) is 6.07 Å². The van der Waals surface area contributed by atoms with Gasteiger partial charge in [-0.05, 0) is 132 Å². The molecule has 13 aromatic carbocycles. The summed E-state index contributed by atoms with van der Waals surface area (Å²) >= 11 is 0. The minimum Gasteiger partial charge on any atom is -0.455 e. The van der Waals surface area contributed by atoms with Crippen LogP contribution >= 0.6 is 0 Å². The Labute approximate surface area is 479 Å². The zero-order valence-corrected chi connectivity index (χ0v) is 45.0. The monoisotopic (exact) mass is 1050 g/mol. The quantitative estimate of drug-likeness (QED) is 0.171. The van der Waals surface area contributed by atoms with Gasteiger partial charge >= 0.3 is 0 Å². The lowest BCUT2D eigenvalue weighted by atomic mass is 9.65. The van der Waals surface area contributed by atoms with Crippen LogP contribution in [-0.2, 0) is 10.8 Å². The second kappa shape index (κ2) is 16.4. The van der Waals surface area contributed by atoms with Gasteiger partial charge in [0.1, 0.15) is 11.2 Å². The Kier molecular flexibility index (Phi) is 8.92. The number of fused-ring (bicyclic) bond motifs is 25. The van der Waals surface area contributed by atoms with Crippen LogP contribution < -0.4 is 4.90 Å². The normalized spacial score (nSPS) is 15.1. The summed E-state index contributed by atoms with van der Waals surface area (Å²) in [5.41, 5.74) is 30.3. The van der Waals surface area contributed by atoms with Crippen molar-refractivity contribution in [1.29, 1.82) is 0 Å². The summed E-state index contributed by atoms with van der Waals surface area (Å²) < 4.78 is 9.18. The van der Waals surface area contributed by atoms with Gasteiger partial charge in [0.25, 0.3) is 0 Å². The third kappa shape index (κ3) is 5.64. The second-order valence-electron chi connectivity index (χ2n) is 22.9. The summed E-state index contributed by atoms with van der Waals surface area (Å²) in [7, 11) is 0. The number of nitrogens with zero attached hydrogens (tertiary/aromatic N) is 2. The van der Waals surface area contributed by atoms with E-state index >= 15 is 0 Å². The average Bonchev–Trinajstić information content (AvgIpc) is 3.74. The van der Waals surface area contributed by atoms with Crippen LogP contribution in [0.25, 0.3) is 105 Å². The van der Waals surface area contributed by atoms with Crippen LogP contribution in [0.3, 0.4) is 0 Å². The lowest BCUT2D eigenvalue weighted by Gasteiger charge is -2.39. The van der Waals surface area contributed by atoms with E-state index in [0.717, 1.165) is 61.3 Å². The molecule has 2 spiro atoms. The molecular weight excluding hydrogens is 1000 g/mol. The largest absolute Gasteiger partial charge is 0.455 e. The first-order valence-electron chi connectivity index (χ1n) is 28.9. The third-order valence-corrected chi connectivity index (χ3v) is 19.2. The maximum Gasteiger partial charge on any atom is 0.143 e. The molecule has 1 aliphatic heterocycles. The highest BCUT2D eigenvalue weighted by atomic mass is 16.3. The third-order valence-electron chi connectivity index (χ3n) is 19.2. The number of furan rings is 1. The van der Waals surface area contributed by atoms with Crippen molar-refractivity contribution in [1.82, 2.24) is 4.57 Å². The van der Waals surface area contributed by atoms with Gasteiger partial charge in [0.05, 0.1) is 38.9 Å². The Morgan fingerprint density at radius 3 is 1.55 bits per heavy atom. The number of benzene rings is 13. The standard InChI is InChI=1S/C80H48N2O/c1-8-30-63-54(21-1)55-22-2-9-31-64(55)79(63)66-33-11-4-26-62(66)76-68(79)35-19-40-74(76)81(51-45-42-49(43-46-51)53-27-17-29-61-59-25-7-16-41-75(59)83-78(53)61)71-37-13-5-20-52(71)50-44-47-57-56-23-3-10-32-65(56)80(70(57)48-50)67-34-12-15-39-73(67)82-72-38-14-6-24-58(72)60-28-18-36-69(80)77(60)82/h1-48H. The molecule has 0 amide bonds. The molecule has 3 aliphatic carbocycles. The van der Waals surface area contributed by atoms with Crippen LogP contribution in [0.2, 0.25) is 0 Å². The van der Waals surface area contributed by atoms with Gasteiger partial charge in [-0.2, -0.15) is 0 Å². The van der Waals surface area contributed by atoms with Gasteiger partial charge in [0.15, 0.2) is 0 Å². The maximum atomic E-state index is 6.65. The van der Waals surface area contributed by atoms with Gasteiger partial charge in [-0.1, -0.05) is 243 Å². The zero-order chi connectivity index (χ0) is 54.1. The van der Waals surface area contributed by atoms with E-state index in [1.54, 1.807) is 0 Å². The number of aromatic nitrogens is 1. The molecule has 15 aromatic rings. The van der Waals surface area contributed by atoms with E-state index in [2.05, 4.69) is 295 Å². The van der Waals surface area contributed by atoms with Crippen molar-refractivity contribution >= 4 is 60.8 Å².